The highest BCUT2D eigenvalue weighted by molar-refractivity contribution is 6.70. The molecule has 1 aliphatic rings. The SMILES string of the molecule is COc1ccc(C2=C(Cl)C(=O)N(c3ccccc3C)C(=O)C2(Cl)Cl)cc1. The Morgan fingerprint density at radius 3 is 2.19 bits per heavy atom. The Morgan fingerprint density at radius 2 is 1.62 bits per heavy atom. The van der Waals surface area contributed by atoms with Crippen molar-refractivity contribution >= 4 is 57.9 Å². The minimum absolute atomic E-state index is 0.0602. The van der Waals surface area contributed by atoms with E-state index in [1.807, 2.05) is 0 Å². The Labute approximate surface area is 165 Å². The average Bonchev–Trinajstić information content (AvgIpc) is 2.62. The van der Waals surface area contributed by atoms with Gasteiger partial charge in [0.25, 0.3) is 11.8 Å². The molecule has 26 heavy (non-hydrogen) atoms. The standard InChI is InChI=1S/C19H14Cl3NO3/c1-11-5-3-4-6-14(11)23-17(24)16(20)15(19(21,22)18(23)25)12-7-9-13(26-2)10-8-12/h3-10H,1-2H3. The number of hydrogen-bond acceptors (Lipinski definition) is 3. The monoisotopic (exact) mass is 409 g/mol. The van der Waals surface area contributed by atoms with E-state index in [0.29, 0.717) is 17.0 Å². The minimum atomic E-state index is -2.01. The number of halogens is 3. The summed E-state index contributed by atoms with van der Waals surface area (Å²) >= 11 is 19.1. The van der Waals surface area contributed by atoms with E-state index >= 15 is 0 Å². The largest absolute Gasteiger partial charge is 0.497 e. The number of anilines is 1. The summed E-state index contributed by atoms with van der Waals surface area (Å²) in [6.45, 7) is 1.77. The second-order valence-electron chi connectivity index (χ2n) is 5.72. The van der Waals surface area contributed by atoms with Gasteiger partial charge in [-0.15, -0.1) is 0 Å². The summed E-state index contributed by atoms with van der Waals surface area (Å²) in [6.07, 6.45) is 0. The number of benzene rings is 2. The quantitative estimate of drug-likeness (QED) is 0.544. The van der Waals surface area contributed by atoms with Crippen molar-refractivity contribution < 1.29 is 14.3 Å². The summed E-state index contributed by atoms with van der Waals surface area (Å²) < 4.78 is 3.10. The smallest absolute Gasteiger partial charge is 0.277 e. The minimum Gasteiger partial charge on any atom is -0.497 e. The van der Waals surface area contributed by atoms with E-state index in [1.165, 1.54) is 7.11 Å². The molecule has 0 fully saturated rings. The second kappa shape index (κ2) is 6.95. The van der Waals surface area contributed by atoms with Gasteiger partial charge in [0.15, 0.2) is 0 Å². The molecule has 0 saturated carbocycles. The number of imide groups is 1. The Hall–Kier alpha value is -2.01. The van der Waals surface area contributed by atoms with Gasteiger partial charge in [-0.2, -0.15) is 0 Å². The van der Waals surface area contributed by atoms with Gasteiger partial charge < -0.3 is 4.74 Å². The fraction of sp³-hybridized carbons (Fsp3) is 0.158. The number of nitrogens with zero attached hydrogens (tertiary/aromatic N) is 1. The number of aryl methyl sites for hydroxylation is 1. The first-order chi connectivity index (χ1) is 12.3. The van der Waals surface area contributed by atoms with Crippen LogP contribution in [0.2, 0.25) is 0 Å². The fourth-order valence-corrected chi connectivity index (χ4v) is 3.79. The van der Waals surface area contributed by atoms with E-state index in [9.17, 15) is 9.59 Å². The average molecular weight is 411 g/mol. The number of methoxy groups -OCH3 is 1. The summed E-state index contributed by atoms with van der Waals surface area (Å²) in [6, 6.07) is 13.5. The number of amides is 2. The fourth-order valence-electron chi connectivity index (χ4n) is 2.78. The molecule has 0 N–H and O–H groups in total. The normalized spacial score (nSPS) is 16.9. The van der Waals surface area contributed by atoms with E-state index < -0.39 is 16.1 Å². The summed E-state index contributed by atoms with van der Waals surface area (Å²) in [4.78, 5) is 26.8. The third kappa shape index (κ3) is 2.98. The molecule has 0 unspecified atom stereocenters. The van der Waals surface area contributed by atoms with Crippen LogP contribution < -0.4 is 9.64 Å². The number of alkyl halides is 2. The molecule has 1 heterocycles. The summed E-state index contributed by atoms with van der Waals surface area (Å²) in [5.74, 6) is -0.834. The summed E-state index contributed by atoms with van der Waals surface area (Å²) in [5, 5.41) is -0.206. The predicted octanol–water partition coefficient (Wildman–Crippen LogP) is 4.70. The van der Waals surface area contributed by atoms with Gasteiger partial charge in [-0.25, -0.2) is 4.90 Å². The van der Waals surface area contributed by atoms with Crippen molar-refractivity contribution in [2.45, 2.75) is 11.3 Å². The maximum atomic E-state index is 13.0. The summed E-state index contributed by atoms with van der Waals surface area (Å²) in [5.41, 5.74) is 1.63. The van der Waals surface area contributed by atoms with Crippen molar-refractivity contribution in [1.29, 1.82) is 0 Å². The van der Waals surface area contributed by atoms with Gasteiger partial charge in [-0.1, -0.05) is 65.1 Å². The van der Waals surface area contributed by atoms with Gasteiger partial charge in [-0.3, -0.25) is 9.59 Å². The Bertz CT molecular complexity index is 920. The maximum absolute atomic E-state index is 13.0. The van der Waals surface area contributed by atoms with Crippen molar-refractivity contribution in [2.24, 2.45) is 0 Å². The molecule has 0 radical (unpaired) electrons. The van der Waals surface area contributed by atoms with Gasteiger partial charge in [0.2, 0.25) is 4.33 Å². The molecule has 3 rings (SSSR count). The van der Waals surface area contributed by atoms with Crippen LogP contribution in [0.4, 0.5) is 5.69 Å². The highest BCUT2D eigenvalue weighted by Gasteiger charge is 2.51. The Balaban J connectivity index is 2.16. The van der Waals surface area contributed by atoms with Gasteiger partial charge in [0.05, 0.1) is 12.8 Å². The zero-order valence-corrected chi connectivity index (χ0v) is 16.2. The van der Waals surface area contributed by atoms with Crippen LogP contribution in [0.15, 0.2) is 53.6 Å². The third-order valence-corrected chi connectivity index (χ3v) is 5.18. The molecule has 0 aromatic heterocycles. The first-order valence-corrected chi connectivity index (χ1v) is 8.79. The van der Waals surface area contributed by atoms with Crippen molar-refractivity contribution in [3.63, 3.8) is 0 Å². The highest BCUT2D eigenvalue weighted by Crippen LogP contribution is 2.47. The molecule has 0 atom stereocenters. The van der Waals surface area contributed by atoms with E-state index in [2.05, 4.69) is 0 Å². The first kappa shape index (κ1) is 18.8. The predicted molar refractivity (Wildman–Crippen MR) is 104 cm³/mol. The molecule has 0 spiro atoms. The molecule has 7 heteroatoms. The van der Waals surface area contributed by atoms with Crippen LogP contribution in [0, 0.1) is 6.92 Å². The zero-order valence-electron chi connectivity index (χ0n) is 13.9. The molecule has 4 nitrogen and oxygen atoms in total. The molecule has 2 aromatic carbocycles. The lowest BCUT2D eigenvalue weighted by molar-refractivity contribution is -0.124. The van der Waals surface area contributed by atoms with Crippen LogP contribution in [0.1, 0.15) is 11.1 Å². The Kier molecular flexibility index (Phi) is 5.02. The van der Waals surface area contributed by atoms with Crippen LogP contribution in [0.3, 0.4) is 0 Å². The second-order valence-corrected chi connectivity index (χ2v) is 7.43. The molecular formula is C19H14Cl3NO3. The number of ether oxygens (including phenoxy) is 1. The highest BCUT2D eigenvalue weighted by atomic mass is 35.5. The number of para-hydroxylation sites is 1. The molecule has 0 bridgehead atoms. The van der Waals surface area contributed by atoms with Crippen molar-refractivity contribution in [3.8, 4) is 5.75 Å². The van der Waals surface area contributed by atoms with Crippen LogP contribution in [-0.2, 0) is 9.59 Å². The van der Waals surface area contributed by atoms with E-state index in [0.717, 1.165) is 10.5 Å². The Morgan fingerprint density at radius 1 is 1.00 bits per heavy atom. The van der Waals surface area contributed by atoms with Crippen molar-refractivity contribution in [3.05, 3.63) is 64.7 Å². The lowest BCUT2D eigenvalue weighted by atomic mass is 9.96. The van der Waals surface area contributed by atoms with E-state index in [-0.39, 0.29) is 10.6 Å². The molecule has 0 saturated heterocycles. The van der Waals surface area contributed by atoms with E-state index in [1.54, 1.807) is 55.5 Å². The molecular weight excluding hydrogens is 397 g/mol. The van der Waals surface area contributed by atoms with Crippen molar-refractivity contribution in [1.82, 2.24) is 0 Å². The number of carbonyl (C=O) groups is 2. The van der Waals surface area contributed by atoms with Gasteiger partial charge in [0.1, 0.15) is 10.8 Å². The molecule has 134 valence electrons. The van der Waals surface area contributed by atoms with E-state index in [4.69, 9.17) is 39.5 Å². The lowest BCUT2D eigenvalue weighted by Gasteiger charge is -2.35. The van der Waals surface area contributed by atoms with Gasteiger partial charge in [-0.05, 0) is 36.2 Å². The zero-order chi connectivity index (χ0) is 19.1. The van der Waals surface area contributed by atoms with Gasteiger partial charge in [0, 0.05) is 5.57 Å². The van der Waals surface area contributed by atoms with Crippen LogP contribution in [0.25, 0.3) is 5.57 Å². The summed E-state index contributed by atoms with van der Waals surface area (Å²) in [7, 11) is 1.53. The molecule has 0 aliphatic carbocycles. The van der Waals surface area contributed by atoms with Crippen molar-refractivity contribution in [2.75, 3.05) is 12.0 Å². The maximum Gasteiger partial charge on any atom is 0.277 e. The van der Waals surface area contributed by atoms with Gasteiger partial charge >= 0.3 is 0 Å². The number of rotatable bonds is 3. The third-order valence-electron chi connectivity index (χ3n) is 4.13. The molecule has 1 aliphatic heterocycles. The lowest BCUT2D eigenvalue weighted by Crippen LogP contribution is -2.51. The first-order valence-electron chi connectivity index (χ1n) is 7.66. The number of hydrogen-bond donors (Lipinski definition) is 0. The van der Waals surface area contributed by atoms with Crippen LogP contribution in [-0.4, -0.2) is 23.3 Å². The number of carbonyl (C=O) groups excluding carboxylic acids is 2. The van der Waals surface area contributed by atoms with Crippen LogP contribution >= 0.6 is 34.8 Å². The molecule has 2 aromatic rings. The topological polar surface area (TPSA) is 46.6 Å². The molecule has 2 amide bonds. The van der Waals surface area contributed by atoms with Crippen LogP contribution in [0.5, 0.6) is 5.75 Å².